The van der Waals surface area contributed by atoms with Crippen LogP contribution < -0.4 is 5.32 Å². The van der Waals surface area contributed by atoms with Gasteiger partial charge >= 0.3 is 0 Å². The van der Waals surface area contributed by atoms with Gasteiger partial charge in [-0.05, 0) is 59.6 Å². The van der Waals surface area contributed by atoms with E-state index in [1.54, 1.807) is 30.3 Å². The maximum Gasteiger partial charge on any atom is 0.264 e. The first-order chi connectivity index (χ1) is 16.6. The second kappa shape index (κ2) is 9.51. The highest BCUT2D eigenvalue weighted by atomic mass is 35.5. The molecule has 0 aromatic heterocycles. The number of para-hydroxylation sites is 1. The summed E-state index contributed by atoms with van der Waals surface area (Å²) in [5.74, 6) is -0.278. The van der Waals surface area contributed by atoms with Crippen LogP contribution in [-0.4, -0.2) is 16.2 Å². The Labute approximate surface area is 204 Å². The fourth-order valence-corrected chi connectivity index (χ4v) is 4.40. The van der Waals surface area contributed by atoms with Gasteiger partial charge in [0.05, 0.1) is 27.0 Å². The lowest BCUT2D eigenvalue weighted by molar-refractivity contribution is -0.115. The molecule has 0 saturated carbocycles. The third-order valence-corrected chi connectivity index (χ3v) is 6.29. The number of carbonyl (C=O) groups excluding carboxylic acids is 1. The van der Waals surface area contributed by atoms with E-state index in [0.29, 0.717) is 32.0 Å². The molecule has 166 valence electrons. The number of carbonyl (C=O) groups is 1. The first kappa shape index (κ1) is 21.9. The number of fused-ring (bicyclic) bond motifs is 1. The summed E-state index contributed by atoms with van der Waals surface area (Å²) in [6, 6.07) is 25.8. The summed E-state index contributed by atoms with van der Waals surface area (Å²) in [7, 11) is 0. The molecule has 2 N–H and O–H groups in total. The average molecular weight is 485 g/mol. The van der Waals surface area contributed by atoms with Gasteiger partial charge in [-0.1, -0.05) is 60.1 Å². The molecule has 0 spiro atoms. The van der Waals surface area contributed by atoms with Crippen molar-refractivity contribution in [2.75, 3.05) is 0 Å². The summed E-state index contributed by atoms with van der Waals surface area (Å²) in [6.45, 7) is 0. The summed E-state index contributed by atoms with van der Waals surface area (Å²) in [5, 5.41) is 24.8. The SMILES string of the molecule is O=C1NC(=Nc2ccccc2Cl)S/C1=C\c1cc(N=Nc2cccc3ccccc23)ccc1O. The van der Waals surface area contributed by atoms with Gasteiger partial charge in [-0.2, -0.15) is 5.11 Å². The predicted molar refractivity (Wildman–Crippen MR) is 138 cm³/mol. The van der Waals surface area contributed by atoms with Crippen LogP contribution in [-0.2, 0) is 4.79 Å². The van der Waals surface area contributed by atoms with Gasteiger partial charge in [0.1, 0.15) is 5.75 Å². The Morgan fingerprint density at radius 3 is 2.53 bits per heavy atom. The number of phenolic OH excluding ortho intramolecular Hbond substituents is 1. The number of thioether (sulfide) groups is 1. The topological polar surface area (TPSA) is 86.4 Å². The number of hydrogen-bond acceptors (Lipinski definition) is 6. The van der Waals surface area contributed by atoms with Gasteiger partial charge in [-0.15, -0.1) is 5.11 Å². The Morgan fingerprint density at radius 2 is 1.65 bits per heavy atom. The lowest BCUT2D eigenvalue weighted by Crippen LogP contribution is -2.19. The van der Waals surface area contributed by atoms with E-state index < -0.39 is 0 Å². The molecule has 1 fully saturated rings. The Morgan fingerprint density at radius 1 is 0.882 bits per heavy atom. The molecule has 1 aliphatic rings. The molecule has 1 amide bonds. The zero-order chi connectivity index (χ0) is 23.5. The van der Waals surface area contributed by atoms with Crippen molar-refractivity contribution in [3.63, 3.8) is 0 Å². The Kier molecular flexibility index (Phi) is 6.12. The molecule has 0 radical (unpaired) electrons. The van der Waals surface area contributed by atoms with Crippen molar-refractivity contribution in [3.05, 3.63) is 100 Å². The van der Waals surface area contributed by atoms with Gasteiger partial charge in [-0.25, -0.2) is 4.99 Å². The van der Waals surface area contributed by atoms with Gasteiger partial charge in [-0.3, -0.25) is 4.79 Å². The van der Waals surface area contributed by atoms with E-state index >= 15 is 0 Å². The number of aromatic hydroxyl groups is 1. The predicted octanol–water partition coefficient (Wildman–Crippen LogP) is 7.51. The highest BCUT2D eigenvalue weighted by molar-refractivity contribution is 8.18. The van der Waals surface area contributed by atoms with Crippen molar-refractivity contribution >= 4 is 68.3 Å². The molecule has 1 saturated heterocycles. The third-order valence-electron chi connectivity index (χ3n) is 5.06. The second-order valence-corrected chi connectivity index (χ2v) is 8.81. The number of aliphatic imine (C=N–C) groups is 1. The second-order valence-electron chi connectivity index (χ2n) is 7.37. The Bertz CT molecular complexity index is 1510. The number of nitrogens with one attached hydrogen (secondary N) is 1. The van der Waals surface area contributed by atoms with E-state index in [1.807, 2.05) is 54.6 Å². The van der Waals surface area contributed by atoms with E-state index in [9.17, 15) is 9.90 Å². The summed E-state index contributed by atoms with van der Waals surface area (Å²) in [6.07, 6.45) is 1.60. The van der Waals surface area contributed by atoms with Crippen LogP contribution >= 0.6 is 23.4 Å². The molecule has 0 atom stereocenters. The number of hydrogen-bond donors (Lipinski definition) is 2. The fourth-order valence-electron chi connectivity index (χ4n) is 3.40. The average Bonchev–Trinajstić information content (AvgIpc) is 3.19. The lowest BCUT2D eigenvalue weighted by atomic mass is 10.1. The quantitative estimate of drug-likeness (QED) is 0.232. The van der Waals surface area contributed by atoms with Crippen molar-refractivity contribution < 1.29 is 9.90 Å². The van der Waals surface area contributed by atoms with Gasteiger partial charge < -0.3 is 10.4 Å². The Hall–Kier alpha value is -3.94. The molecule has 0 bridgehead atoms. The van der Waals surface area contributed by atoms with Crippen molar-refractivity contribution in [1.82, 2.24) is 5.32 Å². The number of amides is 1. The number of amidine groups is 1. The molecule has 1 heterocycles. The van der Waals surface area contributed by atoms with Gasteiger partial charge in [0.2, 0.25) is 0 Å². The van der Waals surface area contributed by atoms with Crippen molar-refractivity contribution in [2.45, 2.75) is 0 Å². The molecule has 4 aromatic carbocycles. The highest BCUT2D eigenvalue weighted by Crippen LogP contribution is 2.34. The molecule has 1 aliphatic heterocycles. The smallest absolute Gasteiger partial charge is 0.264 e. The van der Waals surface area contributed by atoms with Crippen LogP contribution in [0.5, 0.6) is 5.75 Å². The number of halogens is 1. The van der Waals surface area contributed by atoms with E-state index in [1.165, 1.54) is 17.8 Å². The minimum Gasteiger partial charge on any atom is -0.507 e. The van der Waals surface area contributed by atoms with E-state index in [-0.39, 0.29) is 11.7 Å². The van der Waals surface area contributed by atoms with Crippen LogP contribution in [0, 0.1) is 0 Å². The third kappa shape index (κ3) is 4.71. The fraction of sp³-hybridized carbons (Fsp3) is 0. The maximum atomic E-state index is 12.5. The minimum absolute atomic E-state index is 0.0292. The van der Waals surface area contributed by atoms with Crippen LogP contribution in [0.1, 0.15) is 5.56 Å². The van der Waals surface area contributed by atoms with E-state index in [0.717, 1.165) is 16.5 Å². The first-order valence-electron chi connectivity index (χ1n) is 10.3. The van der Waals surface area contributed by atoms with Crippen molar-refractivity contribution in [3.8, 4) is 5.75 Å². The summed E-state index contributed by atoms with van der Waals surface area (Å²) >= 11 is 7.32. The maximum absolute atomic E-state index is 12.5. The van der Waals surface area contributed by atoms with Crippen LogP contribution in [0.25, 0.3) is 16.8 Å². The van der Waals surface area contributed by atoms with Crippen LogP contribution in [0.15, 0.2) is 105 Å². The van der Waals surface area contributed by atoms with Gasteiger partial charge in [0, 0.05) is 10.9 Å². The molecule has 5 rings (SSSR count). The molecular weight excluding hydrogens is 468 g/mol. The molecular formula is C26H17ClN4O2S. The number of nitrogens with zero attached hydrogens (tertiary/aromatic N) is 3. The van der Waals surface area contributed by atoms with Crippen LogP contribution in [0.2, 0.25) is 5.02 Å². The van der Waals surface area contributed by atoms with Crippen LogP contribution in [0.4, 0.5) is 17.1 Å². The highest BCUT2D eigenvalue weighted by Gasteiger charge is 2.24. The lowest BCUT2D eigenvalue weighted by Gasteiger charge is -2.02. The first-order valence-corrected chi connectivity index (χ1v) is 11.5. The van der Waals surface area contributed by atoms with Crippen LogP contribution in [0.3, 0.4) is 0 Å². The Balaban J connectivity index is 1.41. The molecule has 34 heavy (non-hydrogen) atoms. The minimum atomic E-state index is -0.307. The molecule has 8 heteroatoms. The van der Waals surface area contributed by atoms with Crippen molar-refractivity contribution in [1.29, 1.82) is 0 Å². The molecule has 0 unspecified atom stereocenters. The van der Waals surface area contributed by atoms with E-state index in [4.69, 9.17) is 11.6 Å². The summed E-state index contributed by atoms with van der Waals surface area (Å²) in [5.41, 5.74) is 2.31. The molecule has 6 nitrogen and oxygen atoms in total. The zero-order valence-electron chi connectivity index (χ0n) is 17.6. The summed E-state index contributed by atoms with van der Waals surface area (Å²) < 4.78 is 0. The number of phenols is 1. The number of rotatable bonds is 4. The molecule has 4 aromatic rings. The van der Waals surface area contributed by atoms with Gasteiger partial charge in [0.25, 0.3) is 5.91 Å². The number of azo groups is 1. The number of benzene rings is 4. The largest absolute Gasteiger partial charge is 0.507 e. The standard InChI is InChI=1S/C26H17ClN4O2S/c27-20-9-3-4-10-22(20)28-26-29-25(33)24(34-26)15-17-14-18(12-13-23(17)32)30-31-21-11-5-7-16-6-1-2-8-19(16)21/h1-15,32H,(H,28,29,33)/b24-15-,31-30?. The molecule has 0 aliphatic carbocycles. The zero-order valence-corrected chi connectivity index (χ0v) is 19.2. The summed E-state index contributed by atoms with van der Waals surface area (Å²) in [4.78, 5) is 17.3. The van der Waals surface area contributed by atoms with Gasteiger partial charge in [0.15, 0.2) is 5.17 Å². The van der Waals surface area contributed by atoms with Crippen molar-refractivity contribution in [2.24, 2.45) is 15.2 Å². The van der Waals surface area contributed by atoms with E-state index in [2.05, 4.69) is 20.5 Å². The monoisotopic (exact) mass is 484 g/mol. The normalized spacial score (nSPS) is 16.1.